The van der Waals surface area contributed by atoms with Gasteiger partial charge >= 0.3 is 0 Å². The number of ketones is 1. The quantitative estimate of drug-likeness (QED) is 0.764. The number of hydrogen-bond acceptors (Lipinski definition) is 2. The van der Waals surface area contributed by atoms with Gasteiger partial charge in [0.25, 0.3) is 0 Å². The molecule has 1 heterocycles. The zero-order valence-corrected chi connectivity index (χ0v) is 9.83. The molecule has 17 heavy (non-hydrogen) atoms. The predicted octanol–water partition coefficient (Wildman–Crippen LogP) is 3.41. The second kappa shape index (κ2) is 4.63. The van der Waals surface area contributed by atoms with Gasteiger partial charge in [0.1, 0.15) is 5.82 Å². The van der Waals surface area contributed by atoms with Crippen LogP contribution in [0.1, 0.15) is 21.5 Å². The maximum absolute atomic E-state index is 12.9. The van der Waals surface area contributed by atoms with E-state index < -0.39 is 5.82 Å². The minimum absolute atomic E-state index is 0.108. The van der Waals surface area contributed by atoms with E-state index >= 15 is 0 Å². The summed E-state index contributed by atoms with van der Waals surface area (Å²) in [6.45, 7) is 1.84. The first-order valence-corrected chi connectivity index (χ1v) is 5.37. The van der Waals surface area contributed by atoms with Gasteiger partial charge in [-0.3, -0.25) is 9.78 Å². The molecule has 0 bridgehead atoms. The lowest BCUT2D eigenvalue weighted by Gasteiger charge is -2.04. The van der Waals surface area contributed by atoms with Crippen LogP contribution in [0.4, 0.5) is 4.39 Å². The molecule has 0 saturated carbocycles. The number of carbonyl (C=O) groups excluding carboxylic acids is 1. The van der Waals surface area contributed by atoms with Crippen LogP contribution in [0, 0.1) is 12.7 Å². The molecule has 0 atom stereocenters. The second-order valence-electron chi connectivity index (χ2n) is 3.70. The first-order chi connectivity index (χ1) is 8.08. The standard InChI is InChI=1S/C13H9ClFNO/c1-8-4-9(7-16-6-8)13(17)11-3-2-10(15)5-12(11)14/h2-7H,1H3. The number of benzene rings is 1. The van der Waals surface area contributed by atoms with E-state index in [1.807, 2.05) is 6.92 Å². The van der Waals surface area contributed by atoms with Crippen LogP contribution < -0.4 is 0 Å². The van der Waals surface area contributed by atoms with Crippen molar-refractivity contribution in [2.45, 2.75) is 6.92 Å². The fraction of sp³-hybridized carbons (Fsp3) is 0.0769. The number of nitrogens with zero attached hydrogens (tertiary/aromatic N) is 1. The SMILES string of the molecule is Cc1cncc(C(=O)c2ccc(F)cc2Cl)c1. The summed E-state index contributed by atoms with van der Waals surface area (Å²) in [6, 6.07) is 5.43. The average molecular weight is 250 g/mol. The Hall–Kier alpha value is -1.74. The molecule has 4 heteroatoms. The Kier molecular flexibility index (Phi) is 3.20. The molecule has 0 radical (unpaired) electrons. The smallest absolute Gasteiger partial charge is 0.196 e. The van der Waals surface area contributed by atoms with E-state index in [-0.39, 0.29) is 16.4 Å². The largest absolute Gasteiger partial charge is 0.288 e. The maximum Gasteiger partial charge on any atom is 0.196 e. The third kappa shape index (κ3) is 2.50. The molecule has 0 unspecified atom stereocenters. The summed E-state index contributed by atoms with van der Waals surface area (Å²) in [5.74, 6) is -0.722. The molecule has 0 aliphatic heterocycles. The van der Waals surface area contributed by atoms with Gasteiger partial charge in [0.2, 0.25) is 0 Å². The van der Waals surface area contributed by atoms with Gasteiger partial charge < -0.3 is 0 Å². The zero-order valence-electron chi connectivity index (χ0n) is 9.08. The van der Waals surface area contributed by atoms with Crippen LogP contribution in [0.25, 0.3) is 0 Å². The number of rotatable bonds is 2. The molecule has 2 rings (SSSR count). The van der Waals surface area contributed by atoms with Crippen molar-refractivity contribution in [2.24, 2.45) is 0 Å². The van der Waals surface area contributed by atoms with E-state index in [9.17, 15) is 9.18 Å². The van der Waals surface area contributed by atoms with Crippen LogP contribution >= 0.6 is 11.6 Å². The van der Waals surface area contributed by atoms with E-state index in [0.29, 0.717) is 5.56 Å². The molecular weight excluding hydrogens is 241 g/mol. The molecule has 0 N–H and O–H groups in total. The van der Waals surface area contributed by atoms with Crippen molar-refractivity contribution in [1.29, 1.82) is 0 Å². The summed E-state index contributed by atoms with van der Waals surface area (Å²) in [4.78, 5) is 16.0. The lowest BCUT2D eigenvalue weighted by molar-refractivity contribution is 0.103. The van der Waals surface area contributed by atoms with E-state index in [1.54, 1.807) is 12.3 Å². The molecule has 0 amide bonds. The lowest BCUT2D eigenvalue weighted by atomic mass is 10.0. The third-order valence-corrected chi connectivity index (χ3v) is 2.63. The van der Waals surface area contributed by atoms with Gasteiger partial charge in [-0.1, -0.05) is 11.6 Å². The van der Waals surface area contributed by atoms with Crippen molar-refractivity contribution in [3.8, 4) is 0 Å². The summed E-state index contributed by atoms with van der Waals surface area (Å²) in [5, 5.41) is 0.108. The summed E-state index contributed by atoms with van der Waals surface area (Å²) >= 11 is 5.83. The van der Waals surface area contributed by atoms with Gasteiger partial charge in [0.05, 0.1) is 5.02 Å². The molecule has 2 aromatic rings. The van der Waals surface area contributed by atoms with Crippen molar-refractivity contribution in [3.05, 3.63) is 64.2 Å². The summed E-state index contributed by atoms with van der Waals surface area (Å²) in [5.41, 5.74) is 1.60. The Labute approximate surface area is 103 Å². The highest BCUT2D eigenvalue weighted by molar-refractivity contribution is 6.34. The van der Waals surface area contributed by atoms with E-state index in [1.165, 1.54) is 18.3 Å². The minimum atomic E-state index is -0.464. The van der Waals surface area contributed by atoms with E-state index in [2.05, 4.69) is 4.98 Å². The second-order valence-corrected chi connectivity index (χ2v) is 4.11. The first kappa shape index (κ1) is 11.7. The van der Waals surface area contributed by atoms with Gasteiger partial charge in [-0.15, -0.1) is 0 Å². The first-order valence-electron chi connectivity index (χ1n) is 4.99. The van der Waals surface area contributed by atoms with Crippen LogP contribution in [-0.4, -0.2) is 10.8 Å². The Bertz CT molecular complexity index is 583. The molecule has 0 saturated heterocycles. The third-order valence-electron chi connectivity index (χ3n) is 2.31. The average Bonchev–Trinajstić information content (AvgIpc) is 2.28. The Balaban J connectivity index is 2.44. The van der Waals surface area contributed by atoms with Crippen molar-refractivity contribution in [1.82, 2.24) is 4.98 Å². The highest BCUT2D eigenvalue weighted by atomic mass is 35.5. The number of pyridine rings is 1. The van der Waals surface area contributed by atoms with Gasteiger partial charge in [0.15, 0.2) is 5.78 Å². The van der Waals surface area contributed by atoms with Crippen molar-refractivity contribution in [3.63, 3.8) is 0 Å². The van der Waals surface area contributed by atoms with Crippen LogP contribution in [0.15, 0.2) is 36.7 Å². The summed E-state index contributed by atoms with van der Waals surface area (Å²) in [7, 11) is 0. The topological polar surface area (TPSA) is 30.0 Å². The molecule has 86 valence electrons. The number of halogens is 2. The Morgan fingerprint density at radius 2 is 2.06 bits per heavy atom. The van der Waals surface area contributed by atoms with Crippen molar-refractivity contribution >= 4 is 17.4 Å². The zero-order chi connectivity index (χ0) is 12.4. The number of aryl methyl sites for hydroxylation is 1. The number of carbonyl (C=O) groups is 1. The van der Waals surface area contributed by atoms with Crippen LogP contribution in [0.2, 0.25) is 5.02 Å². The fourth-order valence-electron chi connectivity index (χ4n) is 1.51. The predicted molar refractivity (Wildman–Crippen MR) is 63.8 cm³/mol. The summed E-state index contributed by atoms with van der Waals surface area (Å²) < 4.78 is 12.9. The van der Waals surface area contributed by atoms with Crippen molar-refractivity contribution in [2.75, 3.05) is 0 Å². The molecule has 0 aliphatic carbocycles. The van der Waals surface area contributed by atoms with E-state index in [0.717, 1.165) is 11.6 Å². The number of aromatic nitrogens is 1. The maximum atomic E-state index is 12.9. The normalized spacial score (nSPS) is 10.3. The van der Waals surface area contributed by atoms with Gasteiger partial charge in [-0.25, -0.2) is 4.39 Å². The summed E-state index contributed by atoms with van der Waals surface area (Å²) in [6.07, 6.45) is 3.12. The van der Waals surface area contributed by atoms with Crippen molar-refractivity contribution < 1.29 is 9.18 Å². The highest BCUT2D eigenvalue weighted by Gasteiger charge is 2.13. The monoisotopic (exact) mass is 249 g/mol. The molecule has 0 spiro atoms. The van der Waals surface area contributed by atoms with Gasteiger partial charge in [-0.2, -0.15) is 0 Å². The Morgan fingerprint density at radius 3 is 2.71 bits per heavy atom. The Morgan fingerprint density at radius 1 is 1.29 bits per heavy atom. The van der Waals surface area contributed by atoms with Crippen LogP contribution in [0.5, 0.6) is 0 Å². The molecule has 2 nitrogen and oxygen atoms in total. The van der Waals surface area contributed by atoms with Gasteiger partial charge in [-0.05, 0) is 36.8 Å². The fourth-order valence-corrected chi connectivity index (χ4v) is 1.76. The molecule has 1 aromatic carbocycles. The minimum Gasteiger partial charge on any atom is -0.288 e. The van der Waals surface area contributed by atoms with Crippen LogP contribution in [-0.2, 0) is 0 Å². The highest BCUT2D eigenvalue weighted by Crippen LogP contribution is 2.20. The number of hydrogen-bond donors (Lipinski definition) is 0. The molecular formula is C13H9ClFNO. The molecule has 1 aromatic heterocycles. The van der Waals surface area contributed by atoms with E-state index in [4.69, 9.17) is 11.6 Å². The molecule has 0 aliphatic rings. The molecule has 0 fully saturated rings. The van der Waals surface area contributed by atoms with Crippen LogP contribution in [0.3, 0.4) is 0 Å². The van der Waals surface area contributed by atoms with Gasteiger partial charge in [0, 0.05) is 23.5 Å². The lowest BCUT2D eigenvalue weighted by Crippen LogP contribution is -2.03.